The maximum absolute atomic E-state index is 11.2. The molecule has 5 nitrogen and oxygen atoms in total. The molecule has 102 valence electrons. The molecule has 0 aliphatic heterocycles. The van der Waals surface area contributed by atoms with Crippen LogP contribution in [0.2, 0.25) is 0 Å². The molecule has 0 saturated heterocycles. The van der Waals surface area contributed by atoms with Crippen molar-refractivity contribution >= 4 is 17.6 Å². The first-order chi connectivity index (χ1) is 8.99. The Bertz CT molecular complexity index is 509. The van der Waals surface area contributed by atoms with E-state index in [1.807, 2.05) is 19.1 Å². The van der Waals surface area contributed by atoms with Crippen LogP contribution in [0.3, 0.4) is 0 Å². The molecule has 0 spiro atoms. The van der Waals surface area contributed by atoms with Gasteiger partial charge < -0.3 is 15.7 Å². The van der Waals surface area contributed by atoms with Gasteiger partial charge in [0, 0.05) is 23.8 Å². The average Bonchev–Trinajstić information content (AvgIpc) is 3.13. The fourth-order valence-corrected chi connectivity index (χ4v) is 2.23. The lowest BCUT2D eigenvalue weighted by molar-refractivity contribution is -0.136. The third kappa shape index (κ3) is 3.24. The molecule has 0 atom stereocenters. The number of nitrogens with zero attached hydrogens (tertiary/aromatic N) is 1. The van der Waals surface area contributed by atoms with Crippen LogP contribution >= 0.6 is 0 Å². The summed E-state index contributed by atoms with van der Waals surface area (Å²) in [5.74, 6) is -1.23. The Morgan fingerprint density at radius 2 is 2.11 bits per heavy atom. The average molecular weight is 262 g/mol. The third-order valence-corrected chi connectivity index (χ3v) is 3.36. The number of carbonyl (C=O) groups excluding carboxylic acids is 1. The van der Waals surface area contributed by atoms with E-state index in [0.29, 0.717) is 18.2 Å². The van der Waals surface area contributed by atoms with Crippen LogP contribution in [-0.2, 0) is 4.79 Å². The molecule has 19 heavy (non-hydrogen) atoms. The summed E-state index contributed by atoms with van der Waals surface area (Å²) in [6, 6.07) is 5.88. The van der Waals surface area contributed by atoms with Gasteiger partial charge in [-0.1, -0.05) is 0 Å². The van der Waals surface area contributed by atoms with Gasteiger partial charge in [0.25, 0.3) is 0 Å². The zero-order valence-electron chi connectivity index (χ0n) is 10.9. The van der Waals surface area contributed by atoms with Gasteiger partial charge >= 0.3 is 5.97 Å². The number of hydrogen-bond acceptors (Lipinski definition) is 3. The molecule has 1 aromatic rings. The smallest absolute Gasteiger partial charge is 0.305 e. The predicted molar refractivity (Wildman–Crippen MR) is 72.3 cm³/mol. The molecule has 0 aromatic heterocycles. The lowest BCUT2D eigenvalue weighted by Gasteiger charge is -2.24. The normalized spacial score (nSPS) is 14.2. The number of amides is 1. The molecule has 1 saturated carbocycles. The van der Waals surface area contributed by atoms with E-state index < -0.39 is 11.9 Å². The standard InChI is InChI=1S/C14H18N2O3/c1-9-8-11(4-5-12(9)14(15)19)16(10-2-3-10)7-6-13(17)18/h4-5,8,10H,2-3,6-7H2,1H3,(H2,15,19)(H,17,18). The van der Waals surface area contributed by atoms with Crippen molar-refractivity contribution in [3.63, 3.8) is 0 Å². The van der Waals surface area contributed by atoms with Crippen molar-refractivity contribution in [2.45, 2.75) is 32.2 Å². The summed E-state index contributed by atoms with van der Waals surface area (Å²) in [5, 5.41) is 8.80. The topological polar surface area (TPSA) is 83.6 Å². The second-order valence-corrected chi connectivity index (χ2v) is 4.93. The third-order valence-electron chi connectivity index (χ3n) is 3.36. The monoisotopic (exact) mass is 262 g/mol. The molecule has 0 heterocycles. The first kappa shape index (κ1) is 13.4. The maximum Gasteiger partial charge on any atom is 0.305 e. The summed E-state index contributed by atoms with van der Waals surface area (Å²) in [6.45, 7) is 2.33. The highest BCUT2D eigenvalue weighted by atomic mass is 16.4. The van der Waals surface area contributed by atoms with Gasteiger partial charge in [0.15, 0.2) is 0 Å². The lowest BCUT2D eigenvalue weighted by Crippen LogP contribution is -2.28. The van der Waals surface area contributed by atoms with Crippen molar-refractivity contribution in [3.05, 3.63) is 29.3 Å². The minimum atomic E-state index is -0.795. The van der Waals surface area contributed by atoms with Gasteiger partial charge in [-0.15, -0.1) is 0 Å². The predicted octanol–water partition coefficient (Wildman–Crippen LogP) is 1.54. The molecule has 0 bridgehead atoms. The Hall–Kier alpha value is -2.04. The Morgan fingerprint density at radius 3 is 2.58 bits per heavy atom. The van der Waals surface area contributed by atoms with Crippen LogP contribution in [0.1, 0.15) is 35.2 Å². The van der Waals surface area contributed by atoms with Crippen molar-refractivity contribution in [1.82, 2.24) is 0 Å². The van der Waals surface area contributed by atoms with Crippen molar-refractivity contribution in [1.29, 1.82) is 0 Å². The lowest BCUT2D eigenvalue weighted by atomic mass is 10.1. The molecule has 0 radical (unpaired) electrons. The largest absolute Gasteiger partial charge is 0.481 e. The molecule has 0 unspecified atom stereocenters. The second kappa shape index (κ2) is 5.30. The summed E-state index contributed by atoms with van der Waals surface area (Å²) >= 11 is 0. The van der Waals surface area contributed by atoms with Crippen LogP contribution < -0.4 is 10.6 Å². The van der Waals surface area contributed by atoms with E-state index in [2.05, 4.69) is 4.90 Å². The molecular formula is C14H18N2O3. The van der Waals surface area contributed by atoms with Crippen molar-refractivity contribution < 1.29 is 14.7 Å². The minimum absolute atomic E-state index is 0.118. The highest BCUT2D eigenvalue weighted by Gasteiger charge is 2.29. The van der Waals surface area contributed by atoms with E-state index in [1.54, 1.807) is 6.07 Å². The molecule has 2 rings (SSSR count). The number of nitrogens with two attached hydrogens (primary N) is 1. The van der Waals surface area contributed by atoms with E-state index in [9.17, 15) is 9.59 Å². The van der Waals surface area contributed by atoms with E-state index in [0.717, 1.165) is 24.1 Å². The van der Waals surface area contributed by atoms with Crippen LogP contribution in [-0.4, -0.2) is 29.6 Å². The number of aryl methyl sites for hydroxylation is 1. The highest BCUT2D eigenvalue weighted by Crippen LogP contribution is 2.32. The van der Waals surface area contributed by atoms with Gasteiger partial charge in [-0.05, 0) is 43.5 Å². The SMILES string of the molecule is Cc1cc(N(CCC(=O)O)C2CC2)ccc1C(N)=O. The first-order valence-corrected chi connectivity index (χ1v) is 6.38. The van der Waals surface area contributed by atoms with E-state index in [4.69, 9.17) is 10.8 Å². The number of aliphatic carboxylic acids is 1. The summed E-state index contributed by atoms with van der Waals surface area (Å²) in [6.07, 6.45) is 2.31. The molecule has 1 amide bonds. The number of primary amides is 1. The summed E-state index contributed by atoms with van der Waals surface area (Å²) in [4.78, 5) is 24.0. The van der Waals surface area contributed by atoms with Gasteiger partial charge in [0.2, 0.25) is 5.91 Å². The van der Waals surface area contributed by atoms with Crippen LogP contribution in [0.4, 0.5) is 5.69 Å². The molecular weight excluding hydrogens is 244 g/mol. The number of rotatable bonds is 6. The quantitative estimate of drug-likeness (QED) is 0.814. The van der Waals surface area contributed by atoms with Gasteiger partial charge in [0.05, 0.1) is 6.42 Å². The summed E-state index contributed by atoms with van der Waals surface area (Å²) in [7, 11) is 0. The molecule has 5 heteroatoms. The Labute approximate surface area is 112 Å². The summed E-state index contributed by atoms with van der Waals surface area (Å²) in [5.41, 5.74) is 7.58. The number of benzene rings is 1. The molecule has 3 N–H and O–H groups in total. The zero-order valence-corrected chi connectivity index (χ0v) is 10.9. The van der Waals surface area contributed by atoms with Gasteiger partial charge in [-0.2, -0.15) is 0 Å². The Kier molecular flexibility index (Phi) is 3.74. The van der Waals surface area contributed by atoms with E-state index in [1.165, 1.54) is 0 Å². The number of hydrogen-bond donors (Lipinski definition) is 2. The van der Waals surface area contributed by atoms with Crippen molar-refractivity contribution in [2.24, 2.45) is 5.73 Å². The Morgan fingerprint density at radius 1 is 1.42 bits per heavy atom. The number of anilines is 1. The second-order valence-electron chi connectivity index (χ2n) is 4.93. The molecule has 1 aliphatic carbocycles. The van der Waals surface area contributed by atoms with Crippen LogP contribution in [0, 0.1) is 6.92 Å². The van der Waals surface area contributed by atoms with Crippen LogP contribution in [0.5, 0.6) is 0 Å². The molecule has 1 aliphatic rings. The zero-order chi connectivity index (χ0) is 14.0. The van der Waals surface area contributed by atoms with Gasteiger partial charge in [-0.25, -0.2) is 0 Å². The first-order valence-electron chi connectivity index (χ1n) is 6.38. The number of carboxylic acids is 1. The number of carboxylic acid groups (broad SMARTS) is 1. The van der Waals surface area contributed by atoms with Crippen LogP contribution in [0.15, 0.2) is 18.2 Å². The van der Waals surface area contributed by atoms with Crippen molar-refractivity contribution in [3.8, 4) is 0 Å². The van der Waals surface area contributed by atoms with Crippen molar-refractivity contribution in [2.75, 3.05) is 11.4 Å². The van der Waals surface area contributed by atoms with Gasteiger partial charge in [0.1, 0.15) is 0 Å². The fraction of sp³-hybridized carbons (Fsp3) is 0.429. The number of carbonyl (C=O) groups is 2. The molecule has 1 fully saturated rings. The maximum atomic E-state index is 11.2. The summed E-state index contributed by atoms with van der Waals surface area (Å²) < 4.78 is 0. The van der Waals surface area contributed by atoms with Gasteiger partial charge in [-0.3, -0.25) is 9.59 Å². The Balaban J connectivity index is 2.19. The fourth-order valence-electron chi connectivity index (χ4n) is 2.23. The van der Waals surface area contributed by atoms with E-state index in [-0.39, 0.29) is 6.42 Å². The molecule has 1 aromatic carbocycles. The van der Waals surface area contributed by atoms with Crippen LogP contribution in [0.25, 0.3) is 0 Å². The van der Waals surface area contributed by atoms with E-state index >= 15 is 0 Å². The minimum Gasteiger partial charge on any atom is -0.481 e. The highest BCUT2D eigenvalue weighted by molar-refractivity contribution is 5.94.